The average Bonchev–Trinajstić information content (AvgIpc) is 2.18. The molecule has 0 amide bonds. The Bertz CT molecular complexity index is 584. The lowest BCUT2D eigenvalue weighted by molar-refractivity contribution is 0.0692. The molecule has 0 fully saturated rings. The molecule has 0 aliphatic rings. The zero-order valence-corrected chi connectivity index (χ0v) is 10.1. The van der Waals surface area contributed by atoms with Crippen LogP contribution < -0.4 is 11.1 Å². The lowest BCUT2D eigenvalue weighted by Crippen LogP contribution is -2.13. The van der Waals surface area contributed by atoms with Crippen molar-refractivity contribution in [3.63, 3.8) is 0 Å². The first-order valence-corrected chi connectivity index (χ1v) is 6.02. The maximum atomic E-state index is 11.2. The second-order valence-corrected chi connectivity index (χ2v) is 4.80. The molecule has 9 heteroatoms. The first-order valence-electron chi connectivity index (χ1n) is 4.20. The fraction of sp³-hybridized carbons (Fsp3) is 0.125. The number of hydrogen-bond acceptors (Lipinski definition) is 5. The van der Waals surface area contributed by atoms with Crippen LogP contribution in [0.2, 0.25) is 5.02 Å². The van der Waals surface area contributed by atoms with Crippen molar-refractivity contribution in [2.75, 3.05) is 18.1 Å². The molecule has 0 radical (unpaired) electrons. The number of aromatic carboxylic acids is 1. The number of carbonyl (C=O) groups is 1. The molecule has 1 rings (SSSR count). The molecule has 0 saturated heterocycles. The molecule has 0 unspecified atom stereocenters. The smallest absolute Gasteiger partial charge is 0.338 e. The quantitative estimate of drug-likeness (QED) is 0.478. The maximum Gasteiger partial charge on any atom is 0.338 e. The van der Waals surface area contributed by atoms with Crippen LogP contribution in [0.3, 0.4) is 0 Å². The van der Waals surface area contributed by atoms with E-state index in [9.17, 15) is 13.2 Å². The Hall–Kier alpha value is -1.51. The first kappa shape index (κ1) is 13.6. The number of carboxylic acids is 1. The van der Waals surface area contributed by atoms with Crippen LogP contribution in [-0.4, -0.2) is 31.1 Å². The molecule has 0 bridgehead atoms. The minimum Gasteiger partial charge on any atom is -0.478 e. The summed E-state index contributed by atoms with van der Waals surface area (Å²) < 4.78 is 31.3. The number of rotatable bonds is 3. The highest BCUT2D eigenvalue weighted by atomic mass is 35.5. The number of nitrogen functional groups attached to an aromatic ring is 1. The van der Waals surface area contributed by atoms with Crippen molar-refractivity contribution in [3.05, 3.63) is 16.7 Å². The summed E-state index contributed by atoms with van der Waals surface area (Å²) in [6.45, 7) is 0. The lowest BCUT2D eigenvalue weighted by Gasteiger charge is -2.13. The molecular weight excluding hydrogens is 272 g/mol. The maximum absolute atomic E-state index is 11.2. The standard InChI is InChI=1S/C8H9ClN2O5S/c1-11-4-2-3(10)6(9)5(8(12)13)7(4)17(14,15)16/h2,11H,10H2,1H3,(H,12,13)(H,14,15,16). The van der Waals surface area contributed by atoms with E-state index in [4.69, 9.17) is 27.0 Å². The van der Waals surface area contributed by atoms with Crippen LogP contribution in [0.4, 0.5) is 11.4 Å². The molecule has 0 aromatic heterocycles. The van der Waals surface area contributed by atoms with Crippen LogP contribution in [0.15, 0.2) is 11.0 Å². The van der Waals surface area contributed by atoms with E-state index in [1.165, 1.54) is 7.05 Å². The Labute approximate surface area is 102 Å². The predicted octanol–water partition coefficient (Wildman–Crippen LogP) is 0.909. The number of halogens is 1. The van der Waals surface area contributed by atoms with E-state index in [1.807, 2.05) is 0 Å². The van der Waals surface area contributed by atoms with Gasteiger partial charge < -0.3 is 16.2 Å². The molecular formula is C8H9ClN2O5S. The van der Waals surface area contributed by atoms with Crippen LogP contribution in [-0.2, 0) is 10.1 Å². The van der Waals surface area contributed by atoms with E-state index >= 15 is 0 Å². The zero-order chi connectivity index (χ0) is 13.4. The highest BCUT2D eigenvalue weighted by Gasteiger charge is 2.28. The third-order valence-electron chi connectivity index (χ3n) is 1.99. The molecule has 0 aliphatic heterocycles. The monoisotopic (exact) mass is 280 g/mol. The zero-order valence-electron chi connectivity index (χ0n) is 8.56. The van der Waals surface area contributed by atoms with Crippen molar-refractivity contribution < 1.29 is 22.9 Å². The van der Waals surface area contributed by atoms with E-state index in [1.54, 1.807) is 0 Å². The highest BCUT2D eigenvalue weighted by Crippen LogP contribution is 2.35. The molecule has 0 saturated carbocycles. The van der Waals surface area contributed by atoms with Crippen LogP contribution in [0.25, 0.3) is 0 Å². The van der Waals surface area contributed by atoms with Crippen molar-refractivity contribution in [1.82, 2.24) is 0 Å². The van der Waals surface area contributed by atoms with Gasteiger partial charge in [0.05, 0.1) is 16.4 Å². The summed E-state index contributed by atoms with van der Waals surface area (Å²) in [5, 5.41) is 10.9. The molecule has 0 aliphatic carbocycles. The number of nitrogens with one attached hydrogen (secondary N) is 1. The van der Waals surface area contributed by atoms with E-state index in [2.05, 4.69) is 5.32 Å². The molecule has 17 heavy (non-hydrogen) atoms. The van der Waals surface area contributed by atoms with Gasteiger partial charge in [-0.1, -0.05) is 11.6 Å². The summed E-state index contributed by atoms with van der Waals surface area (Å²) in [5.74, 6) is -1.61. The van der Waals surface area contributed by atoms with Crippen molar-refractivity contribution >= 4 is 39.1 Å². The Morgan fingerprint density at radius 3 is 2.41 bits per heavy atom. The third-order valence-corrected chi connectivity index (χ3v) is 3.33. The summed E-state index contributed by atoms with van der Waals surface area (Å²) >= 11 is 5.62. The molecule has 1 aromatic carbocycles. The molecule has 94 valence electrons. The minimum absolute atomic E-state index is 0.110. The van der Waals surface area contributed by atoms with Crippen molar-refractivity contribution in [3.8, 4) is 0 Å². The summed E-state index contributed by atoms with van der Waals surface area (Å²) in [6.07, 6.45) is 0. The van der Waals surface area contributed by atoms with E-state index in [0.717, 1.165) is 6.07 Å². The summed E-state index contributed by atoms with van der Waals surface area (Å²) in [6, 6.07) is 1.12. The van der Waals surface area contributed by atoms with Crippen molar-refractivity contribution in [2.45, 2.75) is 4.90 Å². The molecule has 0 spiro atoms. The van der Waals surface area contributed by atoms with Gasteiger partial charge in [-0.3, -0.25) is 4.55 Å². The molecule has 1 aromatic rings. The second-order valence-electron chi connectivity index (χ2n) is 3.06. The van der Waals surface area contributed by atoms with Crippen LogP contribution in [0.1, 0.15) is 10.4 Å². The van der Waals surface area contributed by atoms with Gasteiger partial charge in [0.1, 0.15) is 10.5 Å². The van der Waals surface area contributed by atoms with Gasteiger partial charge in [-0.15, -0.1) is 0 Å². The number of hydrogen-bond donors (Lipinski definition) is 4. The fourth-order valence-corrected chi connectivity index (χ4v) is 2.48. The number of benzene rings is 1. The Kier molecular flexibility index (Phi) is 3.51. The van der Waals surface area contributed by atoms with Gasteiger partial charge in [-0.05, 0) is 6.07 Å². The second kappa shape index (κ2) is 4.40. The summed E-state index contributed by atoms with van der Waals surface area (Å²) in [7, 11) is -3.39. The molecule has 0 heterocycles. The topological polar surface area (TPSA) is 130 Å². The van der Waals surface area contributed by atoms with Gasteiger partial charge in [0.15, 0.2) is 0 Å². The Balaban J connectivity index is 3.88. The Morgan fingerprint density at radius 1 is 1.53 bits per heavy atom. The van der Waals surface area contributed by atoms with E-state index in [-0.39, 0.29) is 11.4 Å². The minimum atomic E-state index is -4.74. The molecule has 7 nitrogen and oxygen atoms in total. The van der Waals surface area contributed by atoms with Gasteiger partial charge in [-0.2, -0.15) is 8.42 Å². The van der Waals surface area contributed by atoms with Crippen LogP contribution in [0.5, 0.6) is 0 Å². The number of carboxylic acid groups (broad SMARTS) is 1. The van der Waals surface area contributed by atoms with Crippen LogP contribution >= 0.6 is 11.6 Å². The largest absolute Gasteiger partial charge is 0.478 e. The van der Waals surface area contributed by atoms with Crippen molar-refractivity contribution in [2.24, 2.45) is 0 Å². The lowest BCUT2D eigenvalue weighted by atomic mass is 10.1. The Morgan fingerprint density at radius 2 is 2.06 bits per heavy atom. The first-order chi connectivity index (χ1) is 7.70. The SMILES string of the molecule is CNc1cc(N)c(Cl)c(C(=O)O)c1S(=O)(=O)O. The van der Waals surface area contributed by atoms with Gasteiger partial charge >= 0.3 is 5.97 Å². The molecule has 0 atom stereocenters. The third kappa shape index (κ3) is 2.43. The summed E-state index contributed by atoms with van der Waals surface area (Å²) in [5.41, 5.74) is 4.41. The average molecular weight is 281 g/mol. The number of nitrogens with two attached hydrogens (primary N) is 1. The van der Waals surface area contributed by atoms with Crippen LogP contribution in [0, 0.1) is 0 Å². The van der Waals surface area contributed by atoms with Gasteiger partial charge in [0.2, 0.25) is 0 Å². The van der Waals surface area contributed by atoms with Gasteiger partial charge in [0, 0.05) is 7.05 Å². The molecule has 5 N–H and O–H groups in total. The highest BCUT2D eigenvalue weighted by molar-refractivity contribution is 7.86. The van der Waals surface area contributed by atoms with Gasteiger partial charge in [0.25, 0.3) is 10.1 Å². The normalized spacial score (nSPS) is 11.2. The number of anilines is 2. The summed E-state index contributed by atoms with van der Waals surface area (Å²) in [4.78, 5) is 10.2. The van der Waals surface area contributed by atoms with E-state index < -0.39 is 31.6 Å². The van der Waals surface area contributed by atoms with Gasteiger partial charge in [-0.25, -0.2) is 4.79 Å². The fourth-order valence-electron chi connectivity index (χ4n) is 1.31. The van der Waals surface area contributed by atoms with E-state index in [0.29, 0.717) is 0 Å². The van der Waals surface area contributed by atoms with Crippen molar-refractivity contribution in [1.29, 1.82) is 0 Å². The predicted molar refractivity (Wildman–Crippen MR) is 62.2 cm³/mol.